The Morgan fingerprint density at radius 2 is 2.14 bits per heavy atom. The van der Waals surface area contributed by atoms with E-state index in [1.165, 1.54) is 6.07 Å². The predicted octanol–water partition coefficient (Wildman–Crippen LogP) is 2.41. The van der Waals surface area contributed by atoms with Crippen LogP contribution in [0.15, 0.2) is 24.3 Å². The first kappa shape index (κ1) is 15.7. The molecular weight excluding hydrogens is 269 g/mol. The maximum absolute atomic E-state index is 13.8. The van der Waals surface area contributed by atoms with Gasteiger partial charge in [0.1, 0.15) is 11.3 Å². The van der Waals surface area contributed by atoms with Gasteiger partial charge in [0, 0.05) is 36.4 Å². The molecule has 2 aromatic rings. The molecule has 0 bridgehead atoms. The third kappa shape index (κ3) is 3.89. The molecule has 0 saturated carbocycles. The molecule has 4 nitrogen and oxygen atoms in total. The van der Waals surface area contributed by atoms with E-state index in [0.29, 0.717) is 12.1 Å². The summed E-state index contributed by atoms with van der Waals surface area (Å²) in [5, 5.41) is 13.1. The molecule has 0 aliphatic rings. The van der Waals surface area contributed by atoms with E-state index >= 15 is 0 Å². The fourth-order valence-corrected chi connectivity index (χ4v) is 2.41. The van der Waals surface area contributed by atoms with Crippen LogP contribution in [0.3, 0.4) is 0 Å². The fraction of sp³-hybridized carbons (Fsp3) is 0.438. The molecule has 1 aromatic carbocycles. The number of nitrogens with zero attached hydrogens (tertiary/aromatic N) is 2. The maximum atomic E-state index is 13.8. The molecule has 114 valence electrons. The molecule has 5 heteroatoms. The number of anilines is 1. The Balaban J connectivity index is 2.13. The standard InChI is InChI=1S/C16H22FN3O/c1-3-20(9-10-21)8-7-18-15-11-12(2)19-16-13(15)5-4-6-14(16)17/h4-6,11,21H,3,7-10H2,1-2H3,(H,18,19). The number of aryl methyl sites for hydroxylation is 1. The van der Waals surface area contributed by atoms with E-state index in [9.17, 15) is 4.39 Å². The average Bonchev–Trinajstić information content (AvgIpc) is 2.47. The first-order valence-corrected chi connectivity index (χ1v) is 7.28. The molecule has 0 radical (unpaired) electrons. The Bertz CT molecular complexity index is 603. The van der Waals surface area contributed by atoms with Crippen LogP contribution in [0.5, 0.6) is 0 Å². The van der Waals surface area contributed by atoms with Gasteiger partial charge >= 0.3 is 0 Å². The van der Waals surface area contributed by atoms with Gasteiger partial charge in [-0.15, -0.1) is 0 Å². The van der Waals surface area contributed by atoms with Crippen LogP contribution in [-0.4, -0.2) is 47.8 Å². The van der Waals surface area contributed by atoms with Crippen molar-refractivity contribution in [2.24, 2.45) is 0 Å². The Morgan fingerprint density at radius 3 is 2.86 bits per heavy atom. The lowest BCUT2D eigenvalue weighted by Crippen LogP contribution is -2.31. The summed E-state index contributed by atoms with van der Waals surface area (Å²) < 4.78 is 13.8. The van der Waals surface area contributed by atoms with E-state index in [2.05, 4.69) is 22.1 Å². The number of halogens is 1. The van der Waals surface area contributed by atoms with Crippen LogP contribution in [0.4, 0.5) is 10.1 Å². The Labute approximate surface area is 124 Å². The molecule has 0 aliphatic heterocycles. The molecule has 0 unspecified atom stereocenters. The minimum atomic E-state index is -0.297. The normalized spacial score (nSPS) is 11.3. The highest BCUT2D eigenvalue weighted by atomic mass is 19.1. The number of rotatable bonds is 7. The number of aliphatic hydroxyl groups is 1. The van der Waals surface area contributed by atoms with Gasteiger partial charge in [0.15, 0.2) is 0 Å². The second-order valence-corrected chi connectivity index (χ2v) is 5.03. The van der Waals surface area contributed by atoms with Gasteiger partial charge in [0.25, 0.3) is 0 Å². The molecule has 0 atom stereocenters. The molecule has 0 amide bonds. The van der Waals surface area contributed by atoms with Crippen molar-refractivity contribution >= 4 is 16.6 Å². The van der Waals surface area contributed by atoms with Crippen LogP contribution in [0, 0.1) is 12.7 Å². The summed E-state index contributed by atoms with van der Waals surface area (Å²) in [6.45, 7) is 7.22. The lowest BCUT2D eigenvalue weighted by molar-refractivity contribution is 0.206. The predicted molar refractivity (Wildman–Crippen MR) is 84.1 cm³/mol. The number of para-hydroxylation sites is 1. The number of benzene rings is 1. The first-order chi connectivity index (χ1) is 10.2. The lowest BCUT2D eigenvalue weighted by Gasteiger charge is -2.20. The van der Waals surface area contributed by atoms with Crippen molar-refractivity contribution in [3.63, 3.8) is 0 Å². The average molecular weight is 291 g/mol. The highest BCUT2D eigenvalue weighted by Gasteiger charge is 2.08. The number of hydrogen-bond donors (Lipinski definition) is 2. The van der Waals surface area contributed by atoms with Gasteiger partial charge in [-0.3, -0.25) is 4.90 Å². The number of likely N-dealkylation sites (N-methyl/N-ethyl adjacent to an activating group) is 1. The smallest absolute Gasteiger partial charge is 0.149 e. The zero-order valence-corrected chi connectivity index (χ0v) is 12.6. The zero-order valence-electron chi connectivity index (χ0n) is 12.6. The van der Waals surface area contributed by atoms with Crippen molar-refractivity contribution in [1.82, 2.24) is 9.88 Å². The monoisotopic (exact) mass is 291 g/mol. The fourth-order valence-electron chi connectivity index (χ4n) is 2.41. The van der Waals surface area contributed by atoms with Crippen LogP contribution in [0.25, 0.3) is 10.9 Å². The summed E-state index contributed by atoms with van der Waals surface area (Å²) in [6.07, 6.45) is 0. The summed E-state index contributed by atoms with van der Waals surface area (Å²) >= 11 is 0. The number of hydrogen-bond acceptors (Lipinski definition) is 4. The van der Waals surface area contributed by atoms with E-state index in [1.54, 1.807) is 6.07 Å². The molecule has 0 aliphatic carbocycles. The van der Waals surface area contributed by atoms with E-state index in [0.717, 1.165) is 36.4 Å². The SMILES string of the molecule is CCN(CCO)CCNc1cc(C)nc2c(F)cccc12. The molecule has 1 heterocycles. The summed E-state index contributed by atoms with van der Waals surface area (Å²) in [7, 11) is 0. The van der Waals surface area contributed by atoms with Gasteiger partial charge in [0.2, 0.25) is 0 Å². The van der Waals surface area contributed by atoms with Crippen molar-refractivity contribution in [2.75, 3.05) is 38.1 Å². The number of fused-ring (bicyclic) bond motifs is 1. The van der Waals surface area contributed by atoms with Crippen LogP contribution in [0.1, 0.15) is 12.6 Å². The number of nitrogens with one attached hydrogen (secondary N) is 1. The van der Waals surface area contributed by atoms with Crippen molar-refractivity contribution in [3.8, 4) is 0 Å². The topological polar surface area (TPSA) is 48.4 Å². The molecule has 2 rings (SSSR count). The Hall–Kier alpha value is -1.72. The van der Waals surface area contributed by atoms with E-state index in [1.807, 2.05) is 19.1 Å². The zero-order chi connectivity index (χ0) is 15.2. The third-order valence-electron chi connectivity index (χ3n) is 3.53. The summed E-state index contributed by atoms with van der Waals surface area (Å²) in [4.78, 5) is 6.42. The quantitative estimate of drug-likeness (QED) is 0.822. The van der Waals surface area contributed by atoms with Gasteiger partial charge < -0.3 is 10.4 Å². The molecule has 0 fully saturated rings. The lowest BCUT2D eigenvalue weighted by atomic mass is 10.1. The molecular formula is C16H22FN3O. The summed E-state index contributed by atoms with van der Waals surface area (Å²) in [6, 6.07) is 6.94. The molecule has 21 heavy (non-hydrogen) atoms. The third-order valence-corrected chi connectivity index (χ3v) is 3.53. The maximum Gasteiger partial charge on any atom is 0.149 e. The van der Waals surface area contributed by atoms with E-state index in [-0.39, 0.29) is 12.4 Å². The van der Waals surface area contributed by atoms with E-state index < -0.39 is 0 Å². The van der Waals surface area contributed by atoms with Crippen LogP contribution >= 0.6 is 0 Å². The van der Waals surface area contributed by atoms with Crippen molar-refractivity contribution in [1.29, 1.82) is 0 Å². The Kier molecular flexibility index (Phi) is 5.47. The molecule has 1 aromatic heterocycles. The second-order valence-electron chi connectivity index (χ2n) is 5.03. The number of aromatic nitrogens is 1. The largest absolute Gasteiger partial charge is 0.395 e. The Morgan fingerprint density at radius 1 is 1.33 bits per heavy atom. The highest BCUT2D eigenvalue weighted by molar-refractivity contribution is 5.91. The first-order valence-electron chi connectivity index (χ1n) is 7.28. The molecule has 2 N–H and O–H groups in total. The second kappa shape index (κ2) is 7.33. The van der Waals surface area contributed by atoms with Crippen molar-refractivity contribution in [3.05, 3.63) is 35.8 Å². The number of aliphatic hydroxyl groups excluding tert-OH is 1. The molecule has 0 spiro atoms. The van der Waals surface area contributed by atoms with Crippen molar-refractivity contribution in [2.45, 2.75) is 13.8 Å². The highest BCUT2D eigenvalue weighted by Crippen LogP contribution is 2.24. The van der Waals surface area contributed by atoms with Crippen LogP contribution < -0.4 is 5.32 Å². The van der Waals surface area contributed by atoms with Crippen LogP contribution in [-0.2, 0) is 0 Å². The minimum absolute atomic E-state index is 0.163. The van der Waals surface area contributed by atoms with Gasteiger partial charge in [-0.2, -0.15) is 0 Å². The minimum Gasteiger partial charge on any atom is -0.395 e. The van der Waals surface area contributed by atoms with Crippen LogP contribution in [0.2, 0.25) is 0 Å². The van der Waals surface area contributed by atoms with Gasteiger partial charge in [-0.25, -0.2) is 9.37 Å². The molecule has 0 saturated heterocycles. The summed E-state index contributed by atoms with van der Waals surface area (Å²) in [5.41, 5.74) is 2.09. The van der Waals surface area contributed by atoms with Crippen molar-refractivity contribution < 1.29 is 9.50 Å². The van der Waals surface area contributed by atoms with E-state index in [4.69, 9.17) is 5.11 Å². The summed E-state index contributed by atoms with van der Waals surface area (Å²) in [5.74, 6) is -0.297. The van der Waals surface area contributed by atoms with Gasteiger partial charge in [0.05, 0.1) is 6.61 Å². The van der Waals surface area contributed by atoms with Gasteiger partial charge in [-0.1, -0.05) is 19.1 Å². The van der Waals surface area contributed by atoms with Gasteiger partial charge in [-0.05, 0) is 25.6 Å². The number of pyridine rings is 1.